The lowest BCUT2D eigenvalue weighted by Gasteiger charge is -2.32. The minimum absolute atomic E-state index is 0.0146. The predicted octanol–water partition coefficient (Wildman–Crippen LogP) is -0.178. The van der Waals surface area contributed by atoms with E-state index in [1.807, 2.05) is 6.92 Å². The van der Waals surface area contributed by atoms with Crippen LogP contribution in [-0.4, -0.2) is 52.4 Å². The normalized spacial score (nSPS) is 22.6. The molecule has 0 spiro atoms. The Morgan fingerprint density at radius 3 is 3.13 bits per heavy atom. The van der Waals surface area contributed by atoms with Gasteiger partial charge in [-0.3, -0.25) is 14.5 Å². The van der Waals surface area contributed by atoms with Crippen LogP contribution in [0.5, 0.6) is 0 Å². The van der Waals surface area contributed by atoms with Crippen LogP contribution in [0, 0.1) is 0 Å². The van der Waals surface area contributed by atoms with E-state index in [9.17, 15) is 9.59 Å². The number of rotatable bonds is 4. The highest BCUT2D eigenvalue weighted by Gasteiger charge is 2.27. The fourth-order valence-corrected chi connectivity index (χ4v) is 3.18. The van der Waals surface area contributed by atoms with Gasteiger partial charge >= 0.3 is 0 Å². The number of ether oxygens (including phenoxy) is 1. The van der Waals surface area contributed by atoms with Gasteiger partial charge in [-0.25, -0.2) is 4.68 Å². The zero-order valence-corrected chi connectivity index (χ0v) is 13.7. The predicted molar refractivity (Wildman–Crippen MR) is 85.0 cm³/mol. The van der Waals surface area contributed by atoms with Crippen molar-refractivity contribution < 1.29 is 9.53 Å². The van der Waals surface area contributed by atoms with Crippen molar-refractivity contribution in [1.29, 1.82) is 0 Å². The van der Waals surface area contributed by atoms with Gasteiger partial charge in [0.05, 0.1) is 17.8 Å². The standard InChI is InChI=1S/C16H24N4O3/c1-11(16(22)17-9-13-4-3-7-23-13)20-6-5-14-12(10-20)8-15(21)19(2)18-14/h8,11,13H,3-7,9-10H2,1-2H3,(H,17,22)/t11-,13+/m0/s1. The number of hydrogen-bond acceptors (Lipinski definition) is 5. The lowest BCUT2D eigenvalue weighted by Crippen LogP contribution is -2.48. The van der Waals surface area contributed by atoms with E-state index in [2.05, 4.69) is 15.3 Å². The Kier molecular flexibility index (Phi) is 4.77. The summed E-state index contributed by atoms with van der Waals surface area (Å²) in [5, 5.41) is 7.28. The molecule has 1 amide bonds. The average Bonchev–Trinajstić information content (AvgIpc) is 3.06. The third-order valence-corrected chi connectivity index (χ3v) is 4.72. The molecule has 23 heavy (non-hydrogen) atoms. The lowest BCUT2D eigenvalue weighted by atomic mass is 10.0. The molecular formula is C16H24N4O3. The first kappa shape index (κ1) is 16.1. The van der Waals surface area contributed by atoms with Crippen molar-refractivity contribution >= 4 is 5.91 Å². The summed E-state index contributed by atoms with van der Waals surface area (Å²) in [6, 6.07) is 1.40. The van der Waals surface area contributed by atoms with Crippen molar-refractivity contribution in [1.82, 2.24) is 20.0 Å². The van der Waals surface area contributed by atoms with Gasteiger partial charge in [0.1, 0.15) is 0 Å². The Morgan fingerprint density at radius 1 is 1.57 bits per heavy atom. The molecule has 0 radical (unpaired) electrons. The van der Waals surface area contributed by atoms with Gasteiger partial charge in [-0.05, 0) is 25.3 Å². The summed E-state index contributed by atoms with van der Waals surface area (Å²) in [5.41, 5.74) is 1.77. The van der Waals surface area contributed by atoms with Crippen LogP contribution in [0.1, 0.15) is 31.0 Å². The molecule has 0 saturated carbocycles. The molecule has 2 atom stereocenters. The van der Waals surface area contributed by atoms with Gasteiger partial charge in [-0.15, -0.1) is 0 Å². The molecular weight excluding hydrogens is 296 g/mol. The number of fused-ring (bicyclic) bond motifs is 1. The maximum atomic E-state index is 12.3. The summed E-state index contributed by atoms with van der Waals surface area (Å²) in [6.45, 7) is 4.64. The number of carbonyl (C=O) groups excluding carboxylic acids is 1. The lowest BCUT2D eigenvalue weighted by molar-refractivity contribution is -0.126. The van der Waals surface area contributed by atoms with Crippen molar-refractivity contribution in [2.24, 2.45) is 7.05 Å². The van der Waals surface area contributed by atoms with Gasteiger partial charge in [-0.2, -0.15) is 5.10 Å². The number of hydrogen-bond donors (Lipinski definition) is 1. The molecule has 2 aliphatic rings. The second-order valence-corrected chi connectivity index (χ2v) is 6.35. The largest absolute Gasteiger partial charge is 0.376 e. The Hall–Kier alpha value is -1.73. The molecule has 1 aromatic heterocycles. The second kappa shape index (κ2) is 6.80. The number of nitrogens with one attached hydrogen (secondary N) is 1. The zero-order chi connectivity index (χ0) is 16.4. The Labute approximate surface area is 135 Å². The van der Waals surface area contributed by atoms with Crippen LogP contribution in [0.25, 0.3) is 0 Å². The zero-order valence-electron chi connectivity index (χ0n) is 13.7. The van der Waals surface area contributed by atoms with Gasteiger partial charge in [0, 0.05) is 45.8 Å². The first-order valence-corrected chi connectivity index (χ1v) is 8.24. The summed E-state index contributed by atoms with van der Waals surface area (Å²) < 4.78 is 6.89. The molecule has 3 heterocycles. The van der Waals surface area contributed by atoms with Crippen molar-refractivity contribution in [3.05, 3.63) is 27.7 Å². The Morgan fingerprint density at radius 2 is 2.39 bits per heavy atom. The molecule has 126 valence electrons. The molecule has 7 nitrogen and oxygen atoms in total. The Balaban J connectivity index is 1.59. The SMILES string of the molecule is C[C@@H](C(=O)NC[C@H]1CCCO1)N1CCc2nn(C)c(=O)cc2C1. The highest BCUT2D eigenvalue weighted by atomic mass is 16.5. The summed E-state index contributed by atoms with van der Waals surface area (Å²) in [5.74, 6) is 0.0146. The minimum atomic E-state index is -0.228. The van der Waals surface area contributed by atoms with Crippen LogP contribution in [0.4, 0.5) is 0 Å². The van der Waals surface area contributed by atoms with E-state index >= 15 is 0 Å². The molecule has 1 fully saturated rings. The van der Waals surface area contributed by atoms with Crippen molar-refractivity contribution in [2.75, 3.05) is 19.7 Å². The average molecular weight is 320 g/mol. The van der Waals surface area contributed by atoms with E-state index in [-0.39, 0.29) is 23.6 Å². The second-order valence-electron chi connectivity index (χ2n) is 6.35. The minimum Gasteiger partial charge on any atom is -0.376 e. The molecule has 0 unspecified atom stereocenters. The fraction of sp³-hybridized carbons (Fsp3) is 0.688. The Bertz CT molecular complexity index is 637. The van der Waals surface area contributed by atoms with Crippen molar-refractivity contribution in [3.63, 3.8) is 0 Å². The van der Waals surface area contributed by atoms with Crippen molar-refractivity contribution in [2.45, 2.75) is 44.9 Å². The molecule has 0 bridgehead atoms. The third kappa shape index (κ3) is 3.61. The van der Waals surface area contributed by atoms with Gasteiger partial charge in [0.15, 0.2) is 0 Å². The molecule has 1 N–H and O–H groups in total. The molecule has 7 heteroatoms. The highest BCUT2D eigenvalue weighted by molar-refractivity contribution is 5.81. The summed E-state index contributed by atoms with van der Waals surface area (Å²) >= 11 is 0. The number of carbonyl (C=O) groups is 1. The van der Waals surface area contributed by atoms with Crippen LogP contribution in [0.3, 0.4) is 0 Å². The first-order valence-electron chi connectivity index (χ1n) is 8.24. The van der Waals surface area contributed by atoms with Crippen LogP contribution >= 0.6 is 0 Å². The van der Waals surface area contributed by atoms with E-state index in [1.165, 1.54) is 4.68 Å². The van der Waals surface area contributed by atoms with E-state index < -0.39 is 0 Å². The van der Waals surface area contributed by atoms with Crippen LogP contribution in [-0.2, 0) is 29.5 Å². The van der Waals surface area contributed by atoms with E-state index in [0.717, 1.165) is 43.7 Å². The monoisotopic (exact) mass is 320 g/mol. The molecule has 1 saturated heterocycles. The number of amides is 1. The van der Waals surface area contributed by atoms with Gasteiger partial charge < -0.3 is 10.1 Å². The maximum absolute atomic E-state index is 12.3. The van der Waals surface area contributed by atoms with E-state index in [0.29, 0.717) is 13.1 Å². The molecule has 3 rings (SSSR count). The maximum Gasteiger partial charge on any atom is 0.266 e. The summed E-state index contributed by atoms with van der Waals surface area (Å²) in [7, 11) is 1.66. The van der Waals surface area contributed by atoms with Crippen LogP contribution in [0.2, 0.25) is 0 Å². The van der Waals surface area contributed by atoms with E-state index in [1.54, 1.807) is 13.1 Å². The quantitative estimate of drug-likeness (QED) is 0.833. The number of aromatic nitrogens is 2. The molecule has 1 aromatic rings. The number of nitrogens with zero attached hydrogens (tertiary/aromatic N) is 3. The van der Waals surface area contributed by atoms with Gasteiger partial charge in [0.2, 0.25) is 5.91 Å². The van der Waals surface area contributed by atoms with Crippen LogP contribution < -0.4 is 10.9 Å². The smallest absolute Gasteiger partial charge is 0.266 e. The molecule has 0 aromatic carbocycles. The highest BCUT2D eigenvalue weighted by Crippen LogP contribution is 2.17. The van der Waals surface area contributed by atoms with Crippen LogP contribution in [0.15, 0.2) is 10.9 Å². The fourth-order valence-electron chi connectivity index (χ4n) is 3.18. The van der Waals surface area contributed by atoms with Gasteiger partial charge in [0.25, 0.3) is 5.56 Å². The van der Waals surface area contributed by atoms with Crippen molar-refractivity contribution in [3.8, 4) is 0 Å². The van der Waals surface area contributed by atoms with Gasteiger partial charge in [-0.1, -0.05) is 0 Å². The molecule has 0 aliphatic carbocycles. The van der Waals surface area contributed by atoms with E-state index in [4.69, 9.17) is 4.74 Å². The number of aryl methyl sites for hydroxylation is 1. The third-order valence-electron chi connectivity index (χ3n) is 4.72. The summed E-state index contributed by atoms with van der Waals surface area (Å²) in [6.07, 6.45) is 2.99. The summed E-state index contributed by atoms with van der Waals surface area (Å²) in [4.78, 5) is 26.2. The molecule has 2 aliphatic heterocycles. The first-order chi connectivity index (χ1) is 11.0. The topological polar surface area (TPSA) is 76.5 Å².